The zero-order valence-electron chi connectivity index (χ0n) is 13.1. The highest BCUT2D eigenvalue weighted by molar-refractivity contribution is 7.99. The maximum atomic E-state index is 4.75. The summed E-state index contributed by atoms with van der Waals surface area (Å²) in [4.78, 5) is 14.9. The van der Waals surface area contributed by atoms with Crippen LogP contribution >= 0.6 is 11.8 Å². The number of hydrogen-bond donors (Lipinski definition) is 0. The number of anilines is 2. The van der Waals surface area contributed by atoms with Gasteiger partial charge in [-0.1, -0.05) is 0 Å². The fourth-order valence-corrected chi connectivity index (χ4v) is 3.78. The number of aromatic nitrogens is 4. The van der Waals surface area contributed by atoms with Gasteiger partial charge in [0.25, 0.3) is 5.78 Å². The number of thioether (sulfide) groups is 1. The average molecular weight is 306 g/mol. The molecule has 0 amide bonds. The van der Waals surface area contributed by atoms with Gasteiger partial charge < -0.3 is 9.80 Å². The van der Waals surface area contributed by atoms with E-state index in [9.17, 15) is 0 Å². The minimum Gasteiger partial charge on any atom is -0.356 e. The summed E-state index contributed by atoms with van der Waals surface area (Å²) in [5.41, 5.74) is 1.18. The molecule has 0 atom stereocenters. The lowest BCUT2D eigenvalue weighted by Crippen LogP contribution is -2.27. The number of nitrogens with zero attached hydrogens (tertiary/aromatic N) is 6. The van der Waals surface area contributed by atoms with Gasteiger partial charge in [0, 0.05) is 27.2 Å². The molecule has 0 bridgehead atoms. The Bertz CT molecular complexity index is 646. The van der Waals surface area contributed by atoms with Crippen LogP contribution in [0.3, 0.4) is 0 Å². The van der Waals surface area contributed by atoms with Crippen LogP contribution in [0.2, 0.25) is 0 Å². The third-order valence-electron chi connectivity index (χ3n) is 3.75. The van der Waals surface area contributed by atoms with Gasteiger partial charge >= 0.3 is 0 Å². The van der Waals surface area contributed by atoms with Crippen molar-refractivity contribution in [1.82, 2.24) is 19.6 Å². The lowest BCUT2D eigenvalue weighted by Gasteiger charge is -2.26. The van der Waals surface area contributed by atoms with Crippen LogP contribution < -0.4 is 9.80 Å². The zero-order chi connectivity index (χ0) is 15.0. The predicted molar refractivity (Wildman–Crippen MR) is 87.7 cm³/mol. The maximum Gasteiger partial charge on any atom is 0.256 e. The molecular weight excluding hydrogens is 284 g/mol. The van der Waals surface area contributed by atoms with E-state index in [1.807, 2.05) is 35.3 Å². The Hall–Kier alpha value is -1.50. The molecule has 2 aromatic heterocycles. The Morgan fingerprint density at radius 1 is 1.19 bits per heavy atom. The van der Waals surface area contributed by atoms with Gasteiger partial charge in [-0.2, -0.15) is 9.50 Å². The minimum absolute atomic E-state index is 0.710. The fourth-order valence-electron chi connectivity index (χ4n) is 2.63. The molecular formula is C14H22N6S. The molecule has 3 heterocycles. The molecule has 3 rings (SSSR count). The van der Waals surface area contributed by atoms with Crippen LogP contribution in [0, 0.1) is 0 Å². The second-order valence-electron chi connectivity index (χ2n) is 5.35. The van der Waals surface area contributed by atoms with E-state index >= 15 is 0 Å². The highest BCUT2D eigenvalue weighted by atomic mass is 32.2. The van der Waals surface area contributed by atoms with Gasteiger partial charge in [-0.25, -0.2) is 4.98 Å². The number of aryl methyl sites for hydroxylation is 1. The maximum absolute atomic E-state index is 4.75. The van der Waals surface area contributed by atoms with Crippen molar-refractivity contribution < 1.29 is 0 Å². The van der Waals surface area contributed by atoms with Gasteiger partial charge in [0.15, 0.2) is 0 Å². The quantitative estimate of drug-likeness (QED) is 0.862. The van der Waals surface area contributed by atoms with Gasteiger partial charge in [-0.15, -0.1) is 16.9 Å². The molecule has 6 nitrogen and oxygen atoms in total. The minimum atomic E-state index is 0.710. The second-order valence-corrected chi connectivity index (χ2v) is 6.46. The Morgan fingerprint density at radius 3 is 2.62 bits per heavy atom. The van der Waals surface area contributed by atoms with E-state index in [-0.39, 0.29) is 0 Å². The van der Waals surface area contributed by atoms with Crippen LogP contribution in [0.4, 0.5) is 11.8 Å². The largest absolute Gasteiger partial charge is 0.356 e. The lowest BCUT2D eigenvalue weighted by molar-refractivity contribution is 0.749. The molecule has 114 valence electrons. The van der Waals surface area contributed by atoms with Crippen LogP contribution in [0.5, 0.6) is 0 Å². The summed E-state index contributed by atoms with van der Waals surface area (Å²) in [5, 5.41) is 4.65. The van der Waals surface area contributed by atoms with Crippen molar-refractivity contribution in [3.05, 3.63) is 5.69 Å². The Balaban J connectivity index is 2.27. The Morgan fingerprint density at radius 2 is 1.95 bits per heavy atom. The SMILES string of the molecule is CCN(CC)c1c2c(nc3nc(N(C)C)nn13)CCCS2. The van der Waals surface area contributed by atoms with Crippen molar-refractivity contribution in [3.8, 4) is 0 Å². The summed E-state index contributed by atoms with van der Waals surface area (Å²) >= 11 is 1.90. The monoisotopic (exact) mass is 306 g/mol. The molecule has 0 aromatic carbocycles. The van der Waals surface area contributed by atoms with Crippen molar-refractivity contribution >= 4 is 29.3 Å². The molecule has 0 unspecified atom stereocenters. The van der Waals surface area contributed by atoms with E-state index < -0.39 is 0 Å². The van der Waals surface area contributed by atoms with E-state index in [0.29, 0.717) is 11.7 Å². The van der Waals surface area contributed by atoms with E-state index in [1.54, 1.807) is 0 Å². The van der Waals surface area contributed by atoms with Crippen molar-refractivity contribution in [3.63, 3.8) is 0 Å². The van der Waals surface area contributed by atoms with E-state index in [0.717, 1.165) is 31.1 Å². The molecule has 0 saturated carbocycles. The normalized spacial score (nSPS) is 14.3. The predicted octanol–water partition coefficient (Wildman–Crippen LogP) is 2.07. The van der Waals surface area contributed by atoms with Gasteiger partial charge in [0.05, 0.1) is 10.6 Å². The van der Waals surface area contributed by atoms with Gasteiger partial charge in [-0.05, 0) is 32.4 Å². The van der Waals surface area contributed by atoms with Crippen molar-refractivity contribution in [2.24, 2.45) is 0 Å². The summed E-state index contributed by atoms with van der Waals surface area (Å²) in [6, 6.07) is 0. The molecule has 0 radical (unpaired) electrons. The second kappa shape index (κ2) is 5.71. The van der Waals surface area contributed by atoms with Gasteiger partial charge in [0.1, 0.15) is 5.82 Å². The van der Waals surface area contributed by atoms with Crippen LogP contribution in [-0.4, -0.2) is 52.5 Å². The fraction of sp³-hybridized carbons (Fsp3) is 0.643. The van der Waals surface area contributed by atoms with Crippen molar-refractivity contribution in [2.75, 3.05) is 42.7 Å². The zero-order valence-corrected chi connectivity index (χ0v) is 13.9. The molecule has 1 aliphatic rings. The number of rotatable bonds is 4. The highest BCUT2D eigenvalue weighted by Crippen LogP contribution is 2.37. The molecule has 0 fully saturated rings. The summed E-state index contributed by atoms with van der Waals surface area (Å²) in [5.74, 6) is 3.74. The van der Waals surface area contributed by atoms with Crippen LogP contribution in [0.25, 0.3) is 5.78 Å². The van der Waals surface area contributed by atoms with Gasteiger partial charge in [-0.3, -0.25) is 0 Å². The van der Waals surface area contributed by atoms with Crippen molar-refractivity contribution in [2.45, 2.75) is 31.6 Å². The number of fused-ring (bicyclic) bond motifs is 2. The summed E-state index contributed by atoms with van der Waals surface area (Å²) in [6.45, 7) is 6.28. The first-order chi connectivity index (χ1) is 10.2. The first-order valence-corrected chi connectivity index (χ1v) is 8.49. The highest BCUT2D eigenvalue weighted by Gasteiger charge is 2.24. The third-order valence-corrected chi connectivity index (χ3v) is 4.95. The molecule has 1 aliphatic heterocycles. The van der Waals surface area contributed by atoms with E-state index in [1.165, 1.54) is 17.0 Å². The molecule has 2 aromatic rings. The topological polar surface area (TPSA) is 49.6 Å². The third kappa shape index (κ3) is 2.43. The lowest BCUT2D eigenvalue weighted by atomic mass is 10.2. The molecule has 0 aliphatic carbocycles. The Kier molecular flexibility index (Phi) is 3.93. The summed E-state index contributed by atoms with van der Waals surface area (Å²) in [7, 11) is 3.92. The van der Waals surface area contributed by atoms with E-state index in [2.05, 4.69) is 28.8 Å². The van der Waals surface area contributed by atoms with Crippen LogP contribution in [0.15, 0.2) is 4.90 Å². The summed E-state index contributed by atoms with van der Waals surface area (Å²) in [6.07, 6.45) is 2.23. The number of hydrogen-bond acceptors (Lipinski definition) is 6. The summed E-state index contributed by atoms with van der Waals surface area (Å²) < 4.78 is 1.92. The van der Waals surface area contributed by atoms with Crippen molar-refractivity contribution in [1.29, 1.82) is 0 Å². The van der Waals surface area contributed by atoms with Crippen LogP contribution in [0.1, 0.15) is 26.0 Å². The first kappa shape index (κ1) is 14.4. The van der Waals surface area contributed by atoms with Gasteiger partial charge in [0.2, 0.25) is 5.95 Å². The molecule has 0 N–H and O–H groups in total. The van der Waals surface area contributed by atoms with Crippen LogP contribution in [-0.2, 0) is 6.42 Å². The molecule has 0 saturated heterocycles. The Labute approximate surface area is 129 Å². The molecule has 21 heavy (non-hydrogen) atoms. The average Bonchev–Trinajstić information content (AvgIpc) is 2.91. The smallest absolute Gasteiger partial charge is 0.256 e. The standard InChI is InChI=1S/C14H22N6S/c1-5-19(6-2)12-11-10(8-7-9-21-11)15-13-16-14(18(3)4)17-20(12)13/h5-9H2,1-4H3. The first-order valence-electron chi connectivity index (χ1n) is 7.50. The van der Waals surface area contributed by atoms with E-state index in [4.69, 9.17) is 4.98 Å². The molecule has 0 spiro atoms. The molecule has 7 heteroatoms.